The molecule has 0 aromatic carbocycles. The predicted molar refractivity (Wildman–Crippen MR) is 111 cm³/mol. The smallest absolute Gasteiger partial charge is 0.326 e. The molecule has 31 heavy (non-hydrogen) atoms. The number of nitrogens with two attached hydrogens (primary N) is 2. The van der Waals surface area contributed by atoms with E-state index in [1.165, 1.54) is 11.3 Å². The number of hydrogen-bond acceptors (Lipinski definition) is 10. The van der Waals surface area contributed by atoms with E-state index >= 15 is 0 Å². The minimum atomic E-state index is -1.29. The first-order valence-electron chi connectivity index (χ1n) is 9.11. The van der Waals surface area contributed by atoms with Crippen LogP contribution in [-0.2, 0) is 22.4 Å². The van der Waals surface area contributed by atoms with Crippen LogP contribution in [0, 0.1) is 0 Å². The van der Waals surface area contributed by atoms with Crippen molar-refractivity contribution in [3.63, 3.8) is 0 Å². The largest absolute Gasteiger partial charge is 0.481 e. The molecule has 0 radical (unpaired) electrons. The van der Waals surface area contributed by atoms with Crippen molar-refractivity contribution in [2.45, 2.75) is 31.7 Å². The zero-order chi connectivity index (χ0) is 22.5. The summed E-state index contributed by atoms with van der Waals surface area (Å²) in [5.74, 6) is -2.83. The molecule has 13 heteroatoms. The third kappa shape index (κ3) is 5.60. The molecule has 0 saturated carbocycles. The number of hydrogen-bond donors (Lipinski definition) is 5. The number of amides is 1. The van der Waals surface area contributed by atoms with Gasteiger partial charge in [0.2, 0.25) is 5.95 Å². The predicted octanol–water partition coefficient (Wildman–Crippen LogP) is 0.479. The Kier molecular flexibility index (Phi) is 6.55. The summed E-state index contributed by atoms with van der Waals surface area (Å²) in [6, 6.07) is 2.08. The Labute approximate surface area is 179 Å². The highest BCUT2D eigenvalue weighted by Gasteiger charge is 2.22. The van der Waals surface area contributed by atoms with Crippen LogP contribution in [0.25, 0.3) is 11.2 Å². The van der Waals surface area contributed by atoms with E-state index in [-0.39, 0.29) is 24.6 Å². The van der Waals surface area contributed by atoms with E-state index in [9.17, 15) is 14.4 Å². The van der Waals surface area contributed by atoms with E-state index < -0.39 is 23.9 Å². The molecule has 0 aliphatic carbocycles. The Balaban J connectivity index is 1.63. The number of anilines is 2. The van der Waals surface area contributed by atoms with Gasteiger partial charge in [-0.2, -0.15) is 9.97 Å². The Morgan fingerprint density at radius 2 is 1.87 bits per heavy atom. The number of carbonyl (C=O) groups excluding carboxylic acids is 1. The molecule has 1 atom stereocenters. The lowest BCUT2D eigenvalue weighted by molar-refractivity contribution is -0.140. The van der Waals surface area contributed by atoms with Crippen molar-refractivity contribution in [2.24, 2.45) is 0 Å². The number of aromatic nitrogens is 4. The number of nitrogens with one attached hydrogen (secondary N) is 1. The van der Waals surface area contributed by atoms with E-state index in [1.54, 1.807) is 18.3 Å². The summed E-state index contributed by atoms with van der Waals surface area (Å²) >= 11 is 1.21. The SMILES string of the molecule is Nc1nc(N)c2nc(CCc3ccc(C(=O)NC(CCC(=O)O)C(=O)O)s3)cnc2n1. The van der Waals surface area contributed by atoms with Crippen molar-refractivity contribution in [3.8, 4) is 0 Å². The van der Waals surface area contributed by atoms with Crippen LogP contribution in [-0.4, -0.2) is 54.0 Å². The van der Waals surface area contributed by atoms with Crippen LogP contribution in [0.5, 0.6) is 0 Å². The average Bonchev–Trinajstić information content (AvgIpc) is 3.18. The molecule has 0 saturated heterocycles. The number of aryl methyl sites for hydroxylation is 2. The van der Waals surface area contributed by atoms with Crippen LogP contribution < -0.4 is 16.8 Å². The van der Waals surface area contributed by atoms with Crippen LogP contribution >= 0.6 is 11.3 Å². The van der Waals surface area contributed by atoms with Gasteiger partial charge in [-0.15, -0.1) is 11.3 Å². The summed E-state index contributed by atoms with van der Waals surface area (Å²) < 4.78 is 0. The quantitative estimate of drug-likeness (QED) is 0.306. The summed E-state index contributed by atoms with van der Waals surface area (Å²) in [6.07, 6.45) is 2.09. The molecule has 3 aromatic rings. The first kappa shape index (κ1) is 21.8. The van der Waals surface area contributed by atoms with Gasteiger partial charge in [0.05, 0.1) is 16.8 Å². The Morgan fingerprint density at radius 1 is 1.10 bits per heavy atom. The van der Waals surface area contributed by atoms with E-state index in [4.69, 9.17) is 21.7 Å². The van der Waals surface area contributed by atoms with Crippen LogP contribution in [0.1, 0.15) is 33.1 Å². The summed E-state index contributed by atoms with van der Waals surface area (Å²) in [4.78, 5) is 51.9. The maximum absolute atomic E-state index is 12.3. The van der Waals surface area contributed by atoms with Gasteiger partial charge in [-0.25, -0.2) is 14.8 Å². The van der Waals surface area contributed by atoms with Gasteiger partial charge in [-0.3, -0.25) is 9.59 Å². The van der Waals surface area contributed by atoms with Gasteiger partial charge in [-0.1, -0.05) is 0 Å². The fourth-order valence-electron chi connectivity index (χ4n) is 2.74. The third-order valence-corrected chi connectivity index (χ3v) is 5.41. The van der Waals surface area contributed by atoms with Crippen molar-refractivity contribution in [1.29, 1.82) is 0 Å². The van der Waals surface area contributed by atoms with Gasteiger partial charge < -0.3 is 27.0 Å². The van der Waals surface area contributed by atoms with Crippen molar-refractivity contribution >= 4 is 52.1 Å². The van der Waals surface area contributed by atoms with Crippen molar-refractivity contribution in [2.75, 3.05) is 11.5 Å². The lowest BCUT2D eigenvalue weighted by Crippen LogP contribution is -2.40. The Bertz CT molecular complexity index is 1150. The molecule has 3 heterocycles. The number of carboxylic acid groups (broad SMARTS) is 2. The van der Waals surface area contributed by atoms with Gasteiger partial charge in [0, 0.05) is 11.3 Å². The van der Waals surface area contributed by atoms with E-state index in [0.717, 1.165) is 4.88 Å². The summed E-state index contributed by atoms with van der Waals surface area (Å²) in [5, 5.41) is 20.2. The minimum absolute atomic E-state index is 0.0181. The molecule has 12 nitrogen and oxygen atoms in total. The highest BCUT2D eigenvalue weighted by molar-refractivity contribution is 7.14. The number of rotatable bonds is 9. The molecule has 0 aliphatic heterocycles. The molecule has 3 rings (SSSR count). The van der Waals surface area contributed by atoms with Gasteiger partial charge in [0.1, 0.15) is 6.04 Å². The van der Waals surface area contributed by atoms with E-state index in [2.05, 4.69) is 25.3 Å². The summed E-state index contributed by atoms with van der Waals surface area (Å²) in [6.45, 7) is 0. The summed E-state index contributed by atoms with van der Waals surface area (Å²) in [7, 11) is 0. The topological polar surface area (TPSA) is 207 Å². The zero-order valence-corrected chi connectivity index (χ0v) is 16.9. The second-order valence-corrected chi connectivity index (χ2v) is 7.73. The first-order valence-corrected chi connectivity index (χ1v) is 9.93. The van der Waals surface area contributed by atoms with Gasteiger partial charge in [-0.05, 0) is 31.4 Å². The molecule has 162 valence electrons. The van der Waals surface area contributed by atoms with Crippen LogP contribution in [0.4, 0.5) is 11.8 Å². The second-order valence-electron chi connectivity index (χ2n) is 6.56. The Morgan fingerprint density at radius 3 is 2.58 bits per heavy atom. The molecule has 0 spiro atoms. The number of aliphatic carboxylic acids is 2. The number of thiophene rings is 1. The van der Waals surface area contributed by atoms with Gasteiger partial charge in [0.15, 0.2) is 17.0 Å². The number of fused-ring (bicyclic) bond motifs is 1. The molecule has 0 bridgehead atoms. The van der Waals surface area contributed by atoms with Gasteiger partial charge in [0.25, 0.3) is 5.91 Å². The third-order valence-electron chi connectivity index (χ3n) is 4.26. The molecule has 3 aromatic heterocycles. The number of nitrogen functional groups attached to an aromatic ring is 2. The lowest BCUT2D eigenvalue weighted by Gasteiger charge is -2.12. The van der Waals surface area contributed by atoms with Crippen LogP contribution in [0.15, 0.2) is 18.3 Å². The average molecular weight is 445 g/mol. The summed E-state index contributed by atoms with van der Waals surface area (Å²) in [5.41, 5.74) is 12.7. The molecule has 0 aliphatic rings. The minimum Gasteiger partial charge on any atom is -0.481 e. The number of carbonyl (C=O) groups is 3. The number of nitrogens with zero attached hydrogens (tertiary/aromatic N) is 4. The monoisotopic (exact) mass is 445 g/mol. The normalized spacial score (nSPS) is 11.9. The molecule has 1 unspecified atom stereocenters. The van der Waals surface area contributed by atoms with Crippen LogP contribution in [0.2, 0.25) is 0 Å². The maximum atomic E-state index is 12.3. The first-order chi connectivity index (χ1) is 14.7. The van der Waals surface area contributed by atoms with Crippen molar-refractivity contribution in [1.82, 2.24) is 25.3 Å². The van der Waals surface area contributed by atoms with Crippen LogP contribution in [0.3, 0.4) is 0 Å². The van der Waals surface area contributed by atoms with E-state index in [0.29, 0.717) is 34.6 Å². The fourth-order valence-corrected chi connectivity index (χ4v) is 3.65. The van der Waals surface area contributed by atoms with E-state index in [1.807, 2.05) is 0 Å². The Hall–Kier alpha value is -3.87. The molecule has 1 amide bonds. The standard InChI is InChI=1S/C18H19N7O5S/c19-14-13-15(25-18(20)24-14)21-7-8(22-13)1-2-9-3-5-11(31-9)16(28)23-10(17(29)30)4-6-12(26)27/h3,5,7,10H,1-2,4,6H2,(H,23,28)(H,26,27)(H,29,30)(H4,19,20,21,24,25). The number of carboxylic acids is 2. The zero-order valence-electron chi connectivity index (χ0n) is 16.1. The molecule has 0 fully saturated rings. The molecule has 7 N–H and O–H groups in total. The highest BCUT2D eigenvalue weighted by atomic mass is 32.1. The van der Waals surface area contributed by atoms with Gasteiger partial charge >= 0.3 is 11.9 Å². The maximum Gasteiger partial charge on any atom is 0.326 e. The highest BCUT2D eigenvalue weighted by Crippen LogP contribution is 2.20. The lowest BCUT2D eigenvalue weighted by atomic mass is 10.1. The fraction of sp³-hybridized carbons (Fsp3) is 0.278. The van der Waals surface area contributed by atoms with Crippen molar-refractivity contribution in [3.05, 3.63) is 33.8 Å². The second kappa shape index (κ2) is 9.30. The molecular formula is C18H19N7O5S. The molecular weight excluding hydrogens is 426 g/mol. The van der Waals surface area contributed by atoms with Crippen molar-refractivity contribution < 1.29 is 24.6 Å².